The number of benzene rings is 1. The second-order valence-corrected chi connectivity index (χ2v) is 6.04. The number of carbonyl (C=O) groups excluding carboxylic acids is 1. The summed E-state index contributed by atoms with van der Waals surface area (Å²) in [6, 6.07) is 9.34. The molecule has 1 aliphatic rings. The molecule has 6 nitrogen and oxygen atoms in total. The SMILES string of the molecule is Cc1cccc(C)c1NC(=O)c1ccc(NCC2CCCO2)nn1. The van der Waals surface area contributed by atoms with Crippen LogP contribution in [0.4, 0.5) is 11.5 Å². The zero-order chi connectivity index (χ0) is 16.9. The first kappa shape index (κ1) is 16.4. The average Bonchev–Trinajstić information content (AvgIpc) is 3.10. The van der Waals surface area contributed by atoms with Crippen LogP contribution in [0.1, 0.15) is 34.5 Å². The average molecular weight is 326 g/mol. The molecule has 0 bridgehead atoms. The number of amides is 1. The van der Waals surface area contributed by atoms with Gasteiger partial charge in [-0.05, 0) is 49.9 Å². The van der Waals surface area contributed by atoms with Gasteiger partial charge < -0.3 is 15.4 Å². The summed E-state index contributed by atoms with van der Waals surface area (Å²) in [6.45, 7) is 5.47. The maximum atomic E-state index is 12.3. The molecule has 2 heterocycles. The van der Waals surface area contributed by atoms with E-state index in [1.165, 1.54) is 0 Å². The molecular weight excluding hydrogens is 304 g/mol. The number of nitrogens with zero attached hydrogens (tertiary/aromatic N) is 2. The van der Waals surface area contributed by atoms with E-state index in [1.807, 2.05) is 32.0 Å². The summed E-state index contributed by atoms with van der Waals surface area (Å²) in [5, 5.41) is 14.2. The van der Waals surface area contributed by atoms with Gasteiger partial charge in [0.15, 0.2) is 5.69 Å². The number of hydrogen-bond donors (Lipinski definition) is 2. The lowest BCUT2D eigenvalue weighted by Crippen LogP contribution is -2.20. The lowest BCUT2D eigenvalue weighted by atomic mass is 10.1. The van der Waals surface area contributed by atoms with E-state index in [2.05, 4.69) is 20.8 Å². The van der Waals surface area contributed by atoms with Gasteiger partial charge in [0, 0.05) is 18.8 Å². The first-order valence-electron chi connectivity index (χ1n) is 8.20. The van der Waals surface area contributed by atoms with E-state index in [9.17, 15) is 4.79 Å². The number of para-hydroxylation sites is 1. The molecule has 1 amide bonds. The van der Waals surface area contributed by atoms with Gasteiger partial charge >= 0.3 is 0 Å². The molecule has 1 unspecified atom stereocenters. The van der Waals surface area contributed by atoms with Gasteiger partial charge in [-0.2, -0.15) is 0 Å². The molecule has 1 aromatic heterocycles. The van der Waals surface area contributed by atoms with Crippen molar-refractivity contribution < 1.29 is 9.53 Å². The number of ether oxygens (including phenoxy) is 1. The number of aromatic nitrogens is 2. The van der Waals surface area contributed by atoms with E-state index in [4.69, 9.17) is 4.74 Å². The van der Waals surface area contributed by atoms with Crippen LogP contribution in [0, 0.1) is 13.8 Å². The second-order valence-electron chi connectivity index (χ2n) is 6.04. The molecule has 0 aliphatic carbocycles. The number of hydrogen-bond acceptors (Lipinski definition) is 5. The van der Waals surface area contributed by atoms with Crippen molar-refractivity contribution in [1.29, 1.82) is 0 Å². The molecule has 2 aromatic rings. The van der Waals surface area contributed by atoms with Crippen molar-refractivity contribution in [3.05, 3.63) is 47.2 Å². The Morgan fingerprint density at radius 2 is 2.00 bits per heavy atom. The summed E-state index contributed by atoms with van der Waals surface area (Å²) in [7, 11) is 0. The molecule has 3 rings (SSSR count). The third-order valence-electron chi connectivity index (χ3n) is 4.15. The van der Waals surface area contributed by atoms with Crippen molar-refractivity contribution in [2.75, 3.05) is 23.8 Å². The minimum absolute atomic E-state index is 0.235. The van der Waals surface area contributed by atoms with Crippen LogP contribution < -0.4 is 10.6 Å². The standard InChI is InChI=1S/C18H22N4O2/c1-12-5-3-6-13(2)17(12)20-18(23)15-8-9-16(22-21-15)19-11-14-7-4-10-24-14/h3,5-6,8-9,14H,4,7,10-11H2,1-2H3,(H,19,22)(H,20,23). The van der Waals surface area contributed by atoms with Crippen LogP contribution >= 0.6 is 0 Å². The Hall–Kier alpha value is -2.47. The van der Waals surface area contributed by atoms with Crippen LogP contribution in [0.25, 0.3) is 0 Å². The molecule has 1 saturated heterocycles. The number of aryl methyl sites for hydroxylation is 2. The van der Waals surface area contributed by atoms with Gasteiger partial charge in [0.1, 0.15) is 5.82 Å². The number of rotatable bonds is 5. The van der Waals surface area contributed by atoms with Crippen LogP contribution in [0.3, 0.4) is 0 Å². The topological polar surface area (TPSA) is 76.1 Å². The molecule has 0 spiro atoms. The highest BCUT2D eigenvalue weighted by Crippen LogP contribution is 2.20. The van der Waals surface area contributed by atoms with Crippen LogP contribution in [-0.2, 0) is 4.74 Å². The lowest BCUT2D eigenvalue weighted by molar-refractivity contribution is 0.102. The van der Waals surface area contributed by atoms with Gasteiger partial charge in [-0.3, -0.25) is 4.79 Å². The predicted octanol–water partition coefficient (Wildman–Crippen LogP) is 2.94. The Kier molecular flexibility index (Phi) is 5.05. The molecule has 1 aromatic carbocycles. The second kappa shape index (κ2) is 7.40. The zero-order valence-corrected chi connectivity index (χ0v) is 14.0. The molecule has 2 N–H and O–H groups in total. The third kappa shape index (κ3) is 3.89. The predicted molar refractivity (Wildman–Crippen MR) is 93.4 cm³/mol. The maximum Gasteiger partial charge on any atom is 0.276 e. The number of carbonyl (C=O) groups is 1. The Balaban J connectivity index is 1.61. The molecule has 1 aliphatic heterocycles. The van der Waals surface area contributed by atoms with Gasteiger partial charge in [-0.15, -0.1) is 10.2 Å². The van der Waals surface area contributed by atoms with Crippen molar-refractivity contribution >= 4 is 17.4 Å². The van der Waals surface area contributed by atoms with Crippen LogP contribution in [0.15, 0.2) is 30.3 Å². The zero-order valence-electron chi connectivity index (χ0n) is 14.0. The summed E-state index contributed by atoms with van der Waals surface area (Å²) >= 11 is 0. The Morgan fingerprint density at radius 1 is 1.21 bits per heavy atom. The van der Waals surface area contributed by atoms with Crippen molar-refractivity contribution in [2.45, 2.75) is 32.8 Å². The highest BCUT2D eigenvalue weighted by molar-refractivity contribution is 6.03. The molecule has 1 atom stereocenters. The molecule has 126 valence electrons. The highest BCUT2D eigenvalue weighted by Gasteiger charge is 2.15. The van der Waals surface area contributed by atoms with E-state index in [0.717, 1.165) is 36.3 Å². The Bertz CT molecular complexity index is 689. The van der Waals surface area contributed by atoms with Gasteiger partial charge in [-0.25, -0.2) is 0 Å². The minimum atomic E-state index is -0.259. The van der Waals surface area contributed by atoms with Crippen molar-refractivity contribution in [3.63, 3.8) is 0 Å². The van der Waals surface area contributed by atoms with E-state index in [-0.39, 0.29) is 12.0 Å². The highest BCUT2D eigenvalue weighted by atomic mass is 16.5. The third-order valence-corrected chi connectivity index (χ3v) is 4.15. The van der Waals surface area contributed by atoms with E-state index in [0.29, 0.717) is 18.1 Å². The van der Waals surface area contributed by atoms with Crippen LogP contribution in [0.2, 0.25) is 0 Å². The Morgan fingerprint density at radius 3 is 2.62 bits per heavy atom. The first-order valence-corrected chi connectivity index (χ1v) is 8.20. The fourth-order valence-corrected chi connectivity index (χ4v) is 2.76. The maximum absolute atomic E-state index is 12.3. The summed E-state index contributed by atoms with van der Waals surface area (Å²) in [6.07, 6.45) is 2.41. The van der Waals surface area contributed by atoms with Gasteiger partial charge in [0.25, 0.3) is 5.91 Å². The van der Waals surface area contributed by atoms with Crippen molar-refractivity contribution in [1.82, 2.24) is 10.2 Å². The molecule has 0 saturated carbocycles. The Labute approximate surface area is 141 Å². The van der Waals surface area contributed by atoms with E-state index < -0.39 is 0 Å². The van der Waals surface area contributed by atoms with E-state index in [1.54, 1.807) is 12.1 Å². The quantitative estimate of drug-likeness (QED) is 0.883. The minimum Gasteiger partial charge on any atom is -0.376 e. The lowest BCUT2D eigenvalue weighted by Gasteiger charge is -2.12. The first-order chi connectivity index (χ1) is 11.6. The summed E-state index contributed by atoms with van der Waals surface area (Å²) in [5.74, 6) is 0.389. The monoisotopic (exact) mass is 326 g/mol. The summed E-state index contributed by atoms with van der Waals surface area (Å²) < 4.78 is 5.55. The smallest absolute Gasteiger partial charge is 0.276 e. The summed E-state index contributed by atoms with van der Waals surface area (Å²) in [4.78, 5) is 12.3. The fraction of sp³-hybridized carbons (Fsp3) is 0.389. The largest absolute Gasteiger partial charge is 0.376 e. The molecule has 0 radical (unpaired) electrons. The summed E-state index contributed by atoms with van der Waals surface area (Å²) in [5.41, 5.74) is 3.16. The van der Waals surface area contributed by atoms with Crippen molar-refractivity contribution in [3.8, 4) is 0 Å². The van der Waals surface area contributed by atoms with E-state index >= 15 is 0 Å². The van der Waals surface area contributed by atoms with Gasteiger partial charge in [0.05, 0.1) is 6.10 Å². The normalized spacial score (nSPS) is 16.8. The molecule has 1 fully saturated rings. The molecule has 24 heavy (non-hydrogen) atoms. The van der Waals surface area contributed by atoms with Crippen LogP contribution in [0.5, 0.6) is 0 Å². The van der Waals surface area contributed by atoms with Gasteiger partial charge in [-0.1, -0.05) is 18.2 Å². The number of anilines is 2. The fourth-order valence-electron chi connectivity index (χ4n) is 2.76. The van der Waals surface area contributed by atoms with Crippen LogP contribution in [-0.4, -0.2) is 35.4 Å². The molecule has 6 heteroatoms. The number of nitrogens with one attached hydrogen (secondary N) is 2. The van der Waals surface area contributed by atoms with Crippen molar-refractivity contribution in [2.24, 2.45) is 0 Å². The van der Waals surface area contributed by atoms with Gasteiger partial charge in [0.2, 0.25) is 0 Å². The molecular formula is C18H22N4O2.